The number of ether oxygens (including phenoxy) is 1. The van der Waals surface area contributed by atoms with E-state index in [9.17, 15) is 14.7 Å². The van der Waals surface area contributed by atoms with E-state index < -0.39 is 23.0 Å². The van der Waals surface area contributed by atoms with Crippen LogP contribution in [0.3, 0.4) is 0 Å². The molecule has 4 nitrogen and oxygen atoms in total. The van der Waals surface area contributed by atoms with Crippen molar-refractivity contribution in [1.29, 1.82) is 0 Å². The molecular formula is C21H38O4. The highest BCUT2D eigenvalue weighted by Crippen LogP contribution is 2.52. The second-order valence-corrected chi connectivity index (χ2v) is 8.37. The molecule has 25 heavy (non-hydrogen) atoms. The van der Waals surface area contributed by atoms with Crippen LogP contribution in [0.25, 0.3) is 0 Å². The van der Waals surface area contributed by atoms with Crippen LogP contribution in [0, 0.1) is 17.3 Å². The van der Waals surface area contributed by atoms with E-state index in [0.29, 0.717) is 12.3 Å². The molecule has 0 aromatic heterocycles. The van der Waals surface area contributed by atoms with Crippen LogP contribution >= 0.6 is 0 Å². The summed E-state index contributed by atoms with van der Waals surface area (Å²) in [6.45, 7) is 10.1. The topological polar surface area (TPSA) is 63.6 Å². The summed E-state index contributed by atoms with van der Waals surface area (Å²) in [6, 6.07) is 0. The normalized spacial score (nSPS) is 26.6. The molecule has 1 fully saturated rings. The Balaban J connectivity index is 3.10. The Morgan fingerprint density at radius 2 is 1.68 bits per heavy atom. The van der Waals surface area contributed by atoms with Gasteiger partial charge in [-0.2, -0.15) is 0 Å². The third-order valence-corrected chi connectivity index (χ3v) is 5.88. The van der Waals surface area contributed by atoms with E-state index in [-0.39, 0.29) is 5.92 Å². The van der Waals surface area contributed by atoms with Crippen LogP contribution in [0.4, 0.5) is 0 Å². The Bertz CT molecular complexity index is 443. The summed E-state index contributed by atoms with van der Waals surface area (Å²) < 4.78 is 5.77. The van der Waals surface area contributed by atoms with Gasteiger partial charge in [0.05, 0.1) is 0 Å². The zero-order valence-electron chi connectivity index (χ0n) is 16.9. The van der Waals surface area contributed by atoms with Gasteiger partial charge in [-0.15, -0.1) is 0 Å². The predicted octanol–water partition coefficient (Wildman–Crippen LogP) is 5.59. The molecule has 1 saturated carbocycles. The largest absolute Gasteiger partial charge is 0.480 e. The van der Waals surface area contributed by atoms with Gasteiger partial charge >= 0.3 is 11.9 Å². The van der Waals surface area contributed by atoms with Gasteiger partial charge in [0, 0.05) is 0 Å². The minimum atomic E-state index is -1.35. The second-order valence-electron chi connectivity index (χ2n) is 8.37. The lowest BCUT2D eigenvalue weighted by molar-refractivity contribution is -0.182. The minimum Gasteiger partial charge on any atom is -0.480 e. The van der Waals surface area contributed by atoms with Crippen molar-refractivity contribution >= 4 is 11.9 Å². The maximum Gasteiger partial charge on any atom is 0.324 e. The molecule has 0 amide bonds. The SMILES string of the molecule is CCCCC1CCC(C(=O)O)(C(=O)OC(C)(C)CCC)C1CCCC. The number of rotatable bonds is 11. The molecule has 3 atom stereocenters. The fourth-order valence-electron chi connectivity index (χ4n) is 4.52. The zero-order chi connectivity index (χ0) is 19.1. The molecule has 0 radical (unpaired) electrons. The van der Waals surface area contributed by atoms with Crippen LogP contribution < -0.4 is 0 Å². The lowest BCUT2D eigenvalue weighted by Gasteiger charge is -2.35. The first-order valence-corrected chi connectivity index (χ1v) is 10.2. The number of hydrogen-bond donors (Lipinski definition) is 1. The van der Waals surface area contributed by atoms with Gasteiger partial charge in [-0.1, -0.05) is 59.3 Å². The third kappa shape index (κ3) is 5.21. The number of carboxylic acid groups (broad SMARTS) is 1. The monoisotopic (exact) mass is 354 g/mol. The smallest absolute Gasteiger partial charge is 0.324 e. The summed E-state index contributed by atoms with van der Waals surface area (Å²) in [5.74, 6) is -1.26. The number of carbonyl (C=O) groups excluding carboxylic acids is 1. The number of aliphatic carboxylic acids is 1. The van der Waals surface area contributed by atoms with Crippen molar-refractivity contribution in [1.82, 2.24) is 0 Å². The summed E-state index contributed by atoms with van der Waals surface area (Å²) in [4.78, 5) is 25.4. The zero-order valence-corrected chi connectivity index (χ0v) is 16.9. The first kappa shape index (κ1) is 22.0. The van der Waals surface area contributed by atoms with Crippen molar-refractivity contribution in [3.63, 3.8) is 0 Å². The van der Waals surface area contributed by atoms with Crippen LogP contribution in [-0.2, 0) is 14.3 Å². The molecule has 0 spiro atoms. The Kier molecular flexibility index (Phi) is 8.43. The standard InChI is InChI=1S/C21H38O4/c1-6-9-11-16-13-15-21(18(22)23,17(16)12-10-7-2)19(24)25-20(4,5)14-8-3/h16-17H,6-15H2,1-5H3,(H,22,23). The van der Waals surface area contributed by atoms with Crippen LogP contribution in [0.2, 0.25) is 0 Å². The molecule has 1 N–H and O–H groups in total. The molecule has 0 aliphatic heterocycles. The van der Waals surface area contributed by atoms with E-state index >= 15 is 0 Å². The van der Waals surface area contributed by atoms with Gasteiger partial charge in [-0.25, -0.2) is 0 Å². The first-order valence-electron chi connectivity index (χ1n) is 10.2. The summed E-state index contributed by atoms with van der Waals surface area (Å²) in [5, 5.41) is 10.1. The van der Waals surface area contributed by atoms with Crippen molar-refractivity contribution in [2.24, 2.45) is 17.3 Å². The van der Waals surface area contributed by atoms with E-state index in [1.54, 1.807) is 0 Å². The summed E-state index contributed by atoms with van der Waals surface area (Å²) in [7, 11) is 0. The van der Waals surface area contributed by atoms with Crippen LogP contribution in [0.5, 0.6) is 0 Å². The predicted molar refractivity (Wildman–Crippen MR) is 100 cm³/mol. The van der Waals surface area contributed by atoms with Crippen molar-refractivity contribution < 1.29 is 19.4 Å². The van der Waals surface area contributed by atoms with E-state index in [4.69, 9.17) is 4.74 Å². The van der Waals surface area contributed by atoms with Gasteiger partial charge in [0.25, 0.3) is 0 Å². The summed E-state index contributed by atoms with van der Waals surface area (Å²) in [5.41, 5.74) is -1.95. The highest BCUT2D eigenvalue weighted by molar-refractivity contribution is 6.00. The molecule has 4 heteroatoms. The van der Waals surface area contributed by atoms with Gasteiger partial charge in [0.2, 0.25) is 0 Å². The minimum absolute atomic E-state index is 0.0959. The highest BCUT2D eigenvalue weighted by atomic mass is 16.6. The highest BCUT2D eigenvalue weighted by Gasteiger charge is 2.60. The number of carboxylic acids is 1. The van der Waals surface area contributed by atoms with Gasteiger partial charge in [0.1, 0.15) is 5.60 Å². The van der Waals surface area contributed by atoms with E-state index in [1.165, 1.54) is 0 Å². The molecule has 3 unspecified atom stereocenters. The molecule has 0 aromatic carbocycles. The molecule has 1 rings (SSSR count). The Morgan fingerprint density at radius 3 is 2.20 bits per heavy atom. The Labute approximate surface area is 153 Å². The summed E-state index contributed by atoms with van der Waals surface area (Å²) in [6.07, 6.45) is 8.90. The van der Waals surface area contributed by atoms with Crippen molar-refractivity contribution in [3.8, 4) is 0 Å². The van der Waals surface area contributed by atoms with Gasteiger partial charge < -0.3 is 9.84 Å². The van der Waals surface area contributed by atoms with E-state index in [1.807, 2.05) is 20.8 Å². The quantitative estimate of drug-likeness (QED) is 0.388. The third-order valence-electron chi connectivity index (χ3n) is 5.88. The maximum absolute atomic E-state index is 13.1. The molecule has 0 heterocycles. The fourth-order valence-corrected chi connectivity index (χ4v) is 4.52. The van der Waals surface area contributed by atoms with Gasteiger partial charge in [0.15, 0.2) is 5.41 Å². The maximum atomic E-state index is 13.1. The number of esters is 1. The molecule has 0 bridgehead atoms. The van der Waals surface area contributed by atoms with Crippen LogP contribution in [0.1, 0.15) is 98.8 Å². The van der Waals surface area contributed by atoms with Crippen molar-refractivity contribution in [2.75, 3.05) is 0 Å². The van der Waals surface area contributed by atoms with Gasteiger partial charge in [-0.05, 0) is 51.4 Å². The fraction of sp³-hybridized carbons (Fsp3) is 0.905. The average Bonchev–Trinajstić information content (AvgIpc) is 2.89. The number of unbranched alkanes of at least 4 members (excludes halogenated alkanes) is 2. The molecular weight excluding hydrogens is 316 g/mol. The van der Waals surface area contributed by atoms with Crippen molar-refractivity contribution in [3.05, 3.63) is 0 Å². The first-order chi connectivity index (χ1) is 11.7. The van der Waals surface area contributed by atoms with Crippen LogP contribution in [0.15, 0.2) is 0 Å². The molecule has 146 valence electrons. The summed E-state index contributed by atoms with van der Waals surface area (Å²) >= 11 is 0. The van der Waals surface area contributed by atoms with Crippen molar-refractivity contribution in [2.45, 2.75) is 104 Å². The lowest BCUT2D eigenvalue weighted by atomic mass is 9.71. The average molecular weight is 355 g/mol. The van der Waals surface area contributed by atoms with E-state index in [0.717, 1.165) is 57.8 Å². The van der Waals surface area contributed by atoms with Gasteiger partial charge in [-0.3, -0.25) is 9.59 Å². The second kappa shape index (κ2) is 9.59. The molecule has 1 aliphatic rings. The molecule has 1 aliphatic carbocycles. The molecule has 0 saturated heterocycles. The number of hydrogen-bond acceptors (Lipinski definition) is 3. The van der Waals surface area contributed by atoms with E-state index in [2.05, 4.69) is 13.8 Å². The van der Waals surface area contributed by atoms with Crippen LogP contribution in [-0.4, -0.2) is 22.6 Å². The molecule has 0 aromatic rings. The number of carbonyl (C=O) groups is 2. The lowest BCUT2D eigenvalue weighted by Crippen LogP contribution is -2.47. The Hall–Kier alpha value is -1.06. The Morgan fingerprint density at radius 1 is 1.08 bits per heavy atom.